The standard InChI is InChI=1S/C21H25F2N3O2/c1-14(2)15(3)26(12-20(27)24-18-8-4-16(22)5-9-18)13-21(28)25-19-10-6-17(23)7-11-19/h4-11,14-15H,12-13H2,1-3H3,(H,24,27)(H,25,28)/t15-/m0/s1. The van der Waals surface area contributed by atoms with Crippen LogP contribution in [0.15, 0.2) is 48.5 Å². The molecule has 0 aliphatic carbocycles. The van der Waals surface area contributed by atoms with E-state index in [9.17, 15) is 18.4 Å². The number of anilines is 2. The molecule has 0 aromatic heterocycles. The molecule has 0 saturated carbocycles. The molecule has 7 heteroatoms. The lowest BCUT2D eigenvalue weighted by Gasteiger charge is -2.30. The van der Waals surface area contributed by atoms with E-state index in [1.165, 1.54) is 48.5 Å². The summed E-state index contributed by atoms with van der Waals surface area (Å²) in [5, 5.41) is 5.40. The van der Waals surface area contributed by atoms with Crippen molar-refractivity contribution in [2.24, 2.45) is 5.92 Å². The number of amides is 2. The Morgan fingerprint density at radius 1 is 0.786 bits per heavy atom. The summed E-state index contributed by atoms with van der Waals surface area (Å²) in [6, 6.07) is 10.9. The van der Waals surface area contributed by atoms with E-state index < -0.39 is 0 Å². The van der Waals surface area contributed by atoms with Crippen LogP contribution in [-0.4, -0.2) is 35.8 Å². The Kier molecular flexibility index (Phi) is 7.63. The van der Waals surface area contributed by atoms with Crippen molar-refractivity contribution < 1.29 is 18.4 Å². The van der Waals surface area contributed by atoms with Gasteiger partial charge in [-0.15, -0.1) is 0 Å². The van der Waals surface area contributed by atoms with Gasteiger partial charge in [-0.25, -0.2) is 8.78 Å². The highest BCUT2D eigenvalue weighted by molar-refractivity contribution is 5.94. The quantitative estimate of drug-likeness (QED) is 0.720. The molecule has 0 aliphatic rings. The predicted octanol–water partition coefficient (Wildman–Crippen LogP) is 3.89. The topological polar surface area (TPSA) is 61.4 Å². The second-order valence-corrected chi connectivity index (χ2v) is 7.00. The number of halogens is 2. The molecule has 1 atom stereocenters. The Bertz CT molecular complexity index is 731. The van der Waals surface area contributed by atoms with Crippen molar-refractivity contribution in [2.75, 3.05) is 23.7 Å². The first kappa shape index (κ1) is 21.5. The summed E-state index contributed by atoms with van der Waals surface area (Å²) in [6.07, 6.45) is 0. The number of carbonyl (C=O) groups is 2. The summed E-state index contributed by atoms with van der Waals surface area (Å²) in [5.74, 6) is -1.14. The summed E-state index contributed by atoms with van der Waals surface area (Å²) in [4.78, 5) is 26.6. The molecule has 2 rings (SSSR count). The Hall–Kier alpha value is -2.80. The van der Waals surface area contributed by atoms with Gasteiger partial charge in [-0.1, -0.05) is 13.8 Å². The molecule has 0 heterocycles. The van der Waals surface area contributed by atoms with E-state index >= 15 is 0 Å². The molecule has 2 N–H and O–H groups in total. The Morgan fingerprint density at radius 2 is 1.14 bits per heavy atom. The highest BCUT2D eigenvalue weighted by atomic mass is 19.1. The lowest BCUT2D eigenvalue weighted by Crippen LogP contribution is -2.45. The molecule has 150 valence electrons. The molecule has 2 aromatic rings. The molecule has 0 unspecified atom stereocenters. The van der Waals surface area contributed by atoms with E-state index in [0.29, 0.717) is 11.4 Å². The average Bonchev–Trinajstić information content (AvgIpc) is 2.64. The van der Waals surface area contributed by atoms with Crippen LogP contribution in [-0.2, 0) is 9.59 Å². The van der Waals surface area contributed by atoms with Gasteiger partial charge < -0.3 is 10.6 Å². The van der Waals surface area contributed by atoms with E-state index in [-0.39, 0.29) is 48.5 Å². The zero-order valence-corrected chi connectivity index (χ0v) is 16.2. The van der Waals surface area contributed by atoms with Crippen LogP contribution in [0.1, 0.15) is 20.8 Å². The molecule has 0 saturated heterocycles. The maximum absolute atomic E-state index is 13.0. The second kappa shape index (κ2) is 9.94. The van der Waals surface area contributed by atoms with Crippen LogP contribution in [0.25, 0.3) is 0 Å². The fourth-order valence-corrected chi connectivity index (χ4v) is 2.60. The fraction of sp³-hybridized carbons (Fsp3) is 0.333. The Morgan fingerprint density at radius 3 is 1.46 bits per heavy atom. The number of nitrogens with one attached hydrogen (secondary N) is 2. The minimum atomic E-state index is -0.384. The lowest BCUT2D eigenvalue weighted by atomic mass is 10.0. The van der Waals surface area contributed by atoms with Crippen LogP contribution < -0.4 is 10.6 Å². The third-order valence-corrected chi connectivity index (χ3v) is 4.49. The van der Waals surface area contributed by atoms with Gasteiger partial charge in [0.25, 0.3) is 0 Å². The first-order valence-electron chi connectivity index (χ1n) is 9.09. The second-order valence-electron chi connectivity index (χ2n) is 7.00. The van der Waals surface area contributed by atoms with Crippen molar-refractivity contribution in [1.29, 1.82) is 0 Å². The van der Waals surface area contributed by atoms with Gasteiger partial charge in [0.15, 0.2) is 0 Å². The normalized spacial score (nSPS) is 12.1. The van der Waals surface area contributed by atoms with E-state index in [4.69, 9.17) is 0 Å². The number of hydrogen-bond donors (Lipinski definition) is 2. The molecule has 0 spiro atoms. The number of rotatable bonds is 8. The summed E-state index contributed by atoms with van der Waals surface area (Å²) in [5.41, 5.74) is 0.971. The van der Waals surface area contributed by atoms with Crippen LogP contribution >= 0.6 is 0 Å². The highest BCUT2D eigenvalue weighted by Gasteiger charge is 2.22. The van der Waals surface area contributed by atoms with Crippen LogP contribution in [0.2, 0.25) is 0 Å². The van der Waals surface area contributed by atoms with Crippen LogP contribution in [0, 0.1) is 17.6 Å². The third-order valence-electron chi connectivity index (χ3n) is 4.49. The van der Waals surface area contributed by atoms with Crippen LogP contribution in [0.4, 0.5) is 20.2 Å². The third kappa shape index (κ3) is 6.74. The molecule has 0 radical (unpaired) electrons. The molecule has 5 nitrogen and oxygen atoms in total. The van der Waals surface area contributed by atoms with E-state index in [1.807, 2.05) is 20.8 Å². The van der Waals surface area contributed by atoms with Crippen LogP contribution in [0.3, 0.4) is 0 Å². The lowest BCUT2D eigenvalue weighted by molar-refractivity contribution is -0.121. The number of benzene rings is 2. The summed E-state index contributed by atoms with van der Waals surface area (Å²) < 4.78 is 26.0. The number of carbonyl (C=O) groups excluding carboxylic acids is 2. The van der Waals surface area contributed by atoms with E-state index in [2.05, 4.69) is 10.6 Å². The monoisotopic (exact) mass is 389 g/mol. The van der Waals surface area contributed by atoms with Crippen molar-refractivity contribution in [1.82, 2.24) is 4.90 Å². The van der Waals surface area contributed by atoms with Crippen molar-refractivity contribution in [3.05, 3.63) is 60.2 Å². The van der Waals surface area contributed by atoms with Crippen molar-refractivity contribution in [3.63, 3.8) is 0 Å². The molecular weight excluding hydrogens is 364 g/mol. The molecule has 2 amide bonds. The van der Waals surface area contributed by atoms with Gasteiger partial charge in [0.1, 0.15) is 11.6 Å². The summed E-state index contributed by atoms with van der Waals surface area (Å²) in [6.45, 7) is 5.98. The molecule has 0 bridgehead atoms. The van der Waals surface area contributed by atoms with E-state index in [0.717, 1.165) is 0 Å². The maximum Gasteiger partial charge on any atom is 0.238 e. The van der Waals surface area contributed by atoms with Crippen molar-refractivity contribution in [3.8, 4) is 0 Å². The molecular formula is C21H25F2N3O2. The first-order chi connectivity index (χ1) is 13.2. The maximum atomic E-state index is 13.0. The van der Waals surface area contributed by atoms with Gasteiger partial charge in [-0.2, -0.15) is 0 Å². The van der Waals surface area contributed by atoms with Gasteiger partial charge in [0.05, 0.1) is 13.1 Å². The van der Waals surface area contributed by atoms with Crippen molar-refractivity contribution in [2.45, 2.75) is 26.8 Å². The highest BCUT2D eigenvalue weighted by Crippen LogP contribution is 2.13. The largest absolute Gasteiger partial charge is 0.325 e. The number of hydrogen-bond acceptors (Lipinski definition) is 3. The molecule has 28 heavy (non-hydrogen) atoms. The average molecular weight is 389 g/mol. The SMILES string of the molecule is CC(C)[C@H](C)N(CC(=O)Nc1ccc(F)cc1)CC(=O)Nc1ccc(F)cc1. The smallest absolute Gasteiger partial charge is 0.238 e. The summed E-state index contributed by atoms with van der Waals surface area (Å²) in [7, 11) is 0. The van der Waals surface area contributed by atoms with Crippen molar-refractivity contribution >= 4 is 23.2 Å². The van der Waals surface area contributed by atoms with Gasteiger partial charge in [-0.3, -0.25) is 14.5 Å². The summed E-state index contributed by atoms with van der Waals surface area (Å²) >= 11 is 0. The van der Waals surface area contributed by atoms with Gasteiger partial charge in [0, 0.05) is 17.4 Å². The first-order valence-corrected chi connectivity index (χ1v) is 9.09. The minimum absolute atomic E-state index is 0.00750. The fourth-order valence-electron chi connectivity index (χ4n) is 2.60. The number of nitrogens with zero attached hydrogens (tertiary/aromatic N) is 1. The molecule has 0 aliphatic heterocycles. The zero-order chi connectivity index (χ0) is 20.7. The Labute approximate surface area is 163 Å². The van der Waals surface area contributed by atoms with E-state index in [1.54, 1.807) is 4.90 Å². The van der Waals surface area contributed by atoms with Gasteiger partial charge >= 0.3 is 0 Å². The van der Waals surface area contributed by atoms with Gasteiger partial charge in [0.2, 0.25) is 11.8 Å². The molecule has 0 fully saturated rings. The molecule has 2 aromatic carbocycles. The van der Waals surface area contributed by atoms with Crippen LogP contribution in [0.5, 0.6) is 0 Å². The predicted molar refractivity (Wildman–Crippen MR) is 106 cm³/mol. The minimum Gasteiger partial charge on any atom is -0.325 e. The van der Waals surface area contributed by atoms with Gasteiger partial charge in [-0.05, 0) is 61.4 Å². The Balaban J connectivity index is 2.00. The zero-order valence-electron chi connectivity index (χ0n) is 16.2.